The quantitative estimate of drug-likeness (QED) is 0.637. The number of halogens is 1. The number of ether oxygens (including phenoxy) is 1. The summed E-state index contributed by atoms with van der Waals surface area (Å²) >= 11 is 0. The predicted molar refractivity (Wildman–Crippen MR) is 99.4 cm³/mol. The highest BCUT2D eigenvalue weighted by atomic mass is 19.1. The van der Waals surface area contributed by atoms with Crippen LogP contribution in [0.2, 0.25) is 0 Å². The van der Waals surface area contributed by atoms with Crippen molar-refractivity contribution in [2.24, 2.45) is 0 Å². The van der Waals surface area contributed by atoms with Gasteiger partial charge < -0.3 is 4.74 Å². The Morgan fingerprint density at radius 2 is 1.58 bits per heavy atom. The average Bonchev–Trinajstić information content (AvgIpc) is 2.48. The Bertz CT molecular complexity index is 695. The summed E-state index contributed by atoms with van der Waals surface area (Å²) in [6.45, 7) is 13.3. The molecule has 0 atom stereocenters. The van der Waals surface area contributed by atoms with Gasteiger partial charge in [-0.05, 0) is 59.1 Å². The summed E-state index contributed by atoms with van der Waals surface area (Å²) < 4.78 is 19.9. The van der Waals surface area contributed by atoms with E-state index in [2.05, 4.69) is 45.0 Å². The molecule has 2 aromatic rings. The summed E-state index contributed by atoms with van der Waals surface area (Å²) in [7, 11) is 0. The van der Waals surface area contributed by atoms with Crippen molar-refractivity contribution in [3.05, 3.63) is 65.0 Å². The predicted octanol–water partition coefficient (Wildman–Crippen LogP) is 6.18. The van der Waals surface area contributed by atoms with Crippen molar-refractivity contribution < 1.29 is 9.13 Å². The molecule has 2 heteroatoms. The highest BCUT2D eigenvalue weighted by molar-refractivity contribution is 5.34. The van der Waals surface area contributed by atoms with Crippen molar-refractivity contribution in [2.75, 3.05) is 6.61 Å². The summed E-state index contributed by atoms with van der Waals surface area (Å²) in [5, 5.41) is 0. The summed E-state index contributed by atoms with van der Waals surface area (Å²) in [5.41, 5.74) is 3.16. The molecule has 0 aliphatic carbocycles. The lowest BCUT2D eigenvalue weighted by Gasteiger charge is -2.27. The average molecular weight is 328 g/mol. The van der Waals surface area contributed by atoms with E-state index >= 15 is 0 Å². The molecule has 1 nitrogen and oxygen atoms in total. The minimum Gasteiger partial charge on any atom is -0.494 e. The van der Waals surface area contributed by atoms with E-state index in [0.717, 1.165) is 12.2 Å². The number of benzene rings is 2. The SMILES string of the molecule is Cc1ccccc1C(C)(C)CCOc1ccc(F)c(C(C)(C)C)c1. The fourth-order valence-corrected chi connectivity index (χ4v) is 3.06. The lowest BCUT2D eigenvalue weighted by molar-refractivity contribution is 0.271. The standard InChI is InChI=1S/C22H29FO/c1-16-9-7-8-10-18(16)22(5,6)13-14-24-17-11-12-20(23)19(15-17)21(2,3)4/h7-12,15H,13-14H2,1-6H3. The molecule has 0 heterocycles. The molecule has 0 radical (unpaired) electrons. The fraction of sp³-hybridized carbons (Fsp3) is 0.455. The van der Waals surface area contributed by atoms with Gasteiger partial charge in [0, 0.05) is 0 Å². The van der Waals surface area contributed by atoms with Gasteiger partial charge in [-0.25, -0.2) is 4.39 Å². The lowest BCUT2D eigenvalue weighted by Crippen LogP contribution is -2.22. The largest absolute Gasteiger partial charge is 0.494 e. The summed E-state index contributed by atoms with van der Waals surface area (Å²) in [5.74, 6) is 0.567. The second-order valence-corrected chi connectivity index (χ2v) is 8.19. The first-order chi connectivity index (χ1) is 11.1. The minimum atomic E-state index is -0.232. The van der Waals surface area contributed by atoms with Crippen LogP contribution in [0.4, 0.5) is 4.39 Å². The van der Waals surface area contributed by atoms with E-state index in [-0.39, 0.29) is 16.6 Å². The number of hydrogen-bond acceptors (Lipinski definition) is 1. The zero-order valence-electron chi connectivity index (χ0n) is 15.7. The first kappa shape index (κ1) is 18.5. The van der Waals surface area contributed by atoms with Crippen LogP contribution in [0.25, 0.3) is 0 Å². The number of rotatable bonds is 5. The van der Waals surface area contributed by atoms with Gasteiger partial charge in [-0.15, -0.1) is 0 Å². The molecule has 0 saturated carbocycles. The van der Waals surface area contributed by atoms with E-state index in [1.54, 1.807) is 6.07 Å². The Kier molecular flexibility index (Phi) is 5.37. The van der Waals surface area contributed by atoms with E-state index in [4.69, 9.17) is 4.74 Å². The normalized spacial score (nSPS) is 12.3. The van der Waals surface area contributed by atoms with Gasteiger partial charge in [0.15, 0.2) is 0 Å². The topological polar surface area (TPSA) is 9.23 Å². The molecule has 0 aliphatic rings. The van der Waals surface area contributed by atoms with Gasteiger partial charge in [-0.1, -0.05) is 58.9 Å². The van der Waals surface area contributed by atoms with Crippen LogP contribution in [-0.2, 0) is 10.8 Å². The van der Waals surface area contributed by atoms with E-state index in [9.17, 15) is 4.39 Å². The van der Waals surface area contributed by atoms with Crippen LogP contribution in [-0.4, -0.2) is 6.61 Å². The smallest absolute Gasteiger partial charge is 0.127 e. The van der Waals surface area contributed by atoms with Gasteiger partial charge in [0.2, 0.25) is 0 Å². The van der Waals surface area contributed by atoms with Gasteiger partial charge >= 0.3 is 0 Å². The molecule has 0 saturated heterocycles. The monoisotopic (exact) mass is 328 g/mol. The summed E-state index contributed by atoms with van der Waals surface area (Å²) in [4.78, 5) is 0. The van der Waals surface area contributed by atoms with E-state index in [0.29, 0.717) is 12.2 Å². The molecule has 0 fully saturated rings. The van der Waals surface area contributed by atoms with Gasteiger partial charge in [0.25, 0.3) is 0 Å². The molecule has 0 bridgehead atoms. The molecule has 24 heavy (non-hydrogen) atoms. The Morgan fingerprint density at radius 1 is 0.917 bits per heavy atom. The molecule has 130 valence electrons. The first-order valence-electron chi connectivity index (χ1n) is 8.60. The second kappa shape index (κ2) is 6.96. The molecule has 0 N–H and O–H groups in total. The Hall–Kier alpha value is -1.83. The summed E-state index contributed by atoms with van der Waals surface area (Å²) in [6, 6.07) is 13.5. The van der Waals surface area contributed by atoms with Gasteiger partial charge in [0.1, 0.15) is 11.6 Å². The van der Waals surface area contributed by atoms with Crippen LogP contribution >= 0.6 is 0 Å². The minimum absolute atomic E-state index is 0.0399. The Balaban J connectivity index is 2.06. The van der Waals surface area contributed by atoms with Crippen molar-refractivity contribution in [2.45, 2.75) is 58.8 Å². The summed E-state index contributed by atoms with van der Waals surface area (Å²) in [6.07, 6.45) is 0.903. The van der Waals surface area contributed by atoms with Crippen molar-refractivity contribution in [1.82, 2.24) is 0 Å². The molecule has 0 aliphatic heterocycles. The molecule has 0 spiro atoms. The third kappa shape index (κ3) is 4.37. The highest BCUT2D eigenvalue weighted by Gasteiger charge is 2.23. The third-order valence-corrected chi connectivity index (χ3v) is 4.62. The van der Waals surface area contributed by atoms with Crippen molar-refractivity contribution >= 4 is 0 Å². The van der Waals surface area contributed by atoms with Gasteiger partial charge in [-0.2, -0.15) is 0 Å². The van der Waals surface area contributed by atoms with Gasteiger partial charge in [0.05, 0.1) is 6.61 Å². The second-order valence-electron chi connectivity index (χ2n) is 8.19. The Labute approximate surface area is 145 Å². The lowest BCUT2D eigenvalue weighted by atomic mass is 9.79. The maximum Gasteiger partial charge on any atom is 0.127 e. The third-order valence-electron chi connectivity index (χ3n) is 4.62. The Morgan fingerprint density at radius 3 is 2.21 bits per heavy atom. The van der Waals surface area contributed by atoms with Gasteiger partial charge in [-0.3, -0.25) is 0 Å². The van der Waals surface area contributed by atoms with Crippen molar-refractivity contribution in [3.63, 3.8) is 0 Å². The van der Waals surface area contributed by atoms with Crippen LogP contribution in [0.1, 0.15) is 57.7 Å². The maximum atomic E-state index is 14.0. The zero-order chi connectivity index (χ0) is 18.0. The van der Waals surface area contributed by atoms with Crippen LogP contribution in [0.15, 0.2) is 42.5 Å². The van der Waals surface area contributed by atoms with E-state index in [1.165, 1.54) is 17.2 Å². The number of aryl methyl sites for hydroxylation is 1. The van der Waals surface area contributed by atoms with Crippen molar-refractivity contribution in [1.29, 1.82) is 0 Å². The zero-order valence-corrected chi connectivity index (χ0v) is 15.7. The molecule has 2 rings (SSSR count). The van der Waals surface area contributed by atoms with Crippen molar-refractivity contribution in [3.8, 4) is 5.75 Å². The maximum absolute atomic E-state index is 14.0. The fourth-order valence-electron chi connectivity index (χ4n) is 3.06. The number of hydrogen-bond donors (Lipinski definition) is 0. The van der Waals surface area contributed by atoms with Crippen LogP contribution < -0.4 is 4.74 Å². The van der Waals surface area contributed by atoms with Crippen LogP contribution in [0, 0.1) is 12.7 Å². The first-order valence-corrected chi connectivity index (χ1v) is 8.60. The molecular weight excluding hydrogens is 299 g/mol. The molecule has 0 aromatic heterocycles. The van der Waals surface area contributed by atoms with Crippen LogP contribution in [0.5, 0.6) is 5.75 Å². The molecule has 0 unspecified atom stereocenters. The van der Waals surface area contributed by atoms with Crippen LogP contribution in [0.3, 0.4) is 0 Å². The highest BCUT2D eigenvalue weighted by Crippen LogP contribution is 2.31. The molecule has 2 aromatic carbocycles. The molecular formula is C22H29FO. The van der Waals surface area contributed by atoms with E-state index < -0.39 is 0 Å². The molecule has 0 amide bonds. The van der Waals surface area contributed by atoms with E-state index in [1.807, 2.05) is 26.8 Å².